The zero-order chi connectivity index (χ0) is 21.9. The zero-order valence-corrected chi connectivity index (χ0v) is 18.3. The van der Waals surface area contributed by atoms with Crippen molar-refractivity contribution in [2.45, 2.75) is 45.3 Å². The van der Waals surface area contributed by atoms with Gasteiger partial charge >= 0.3 is 0 Å². The number of nitrogens with zero attached hydrogens (tertiary/aromatic N) is 4. The second-order valence-corrected chi connectivity index (χ2v) is 8.53. The lowest BCUT2D eigenvalue weighted by molar-refractivity contribution is 0.152. The number of likely N-dealkylation sites (tertiary alicyclic amines) is 1. The van der Waals surface area contributed by atoms with E-state index in [9.17, 15) is 4.79 Å². The van der Waals surface area contributed by atoms with Crippen molar-refractivity contribution in [3.8, 4) is 5.69 Å². The highest BCUT2D eigenvalue weighted by atomic mass is 16.1. The van der Waals surface area contributed by atoms with Crippen LogP contribution in [-0.2, 0) is 13.1 Å². The molecule has 0 saturated carbocycles. The molecule has 1 aliphatic heterocycles. The molecule has 7 heteroatoms. The van der Waals surface area contributed by atoms with Gasteiger partial charge in [0.2, 0.25) is 5.95 Å². The number of H-pyrrole nitrogens is 1. The fourth-order valence-electron chi connectivity index (χ4n) is 4.34. The molecular weight excluding hydrogens is 400 g/mol. The molecule has 2 aromatic heterocycles. The topological polar surface area (TPSA) is 78.8 Å². The molecule has 2 N–H and O–H groups in total. The number of piperidine rings is 1. The maximum atomic E-state index is 12.5. The predicted molar refractivity (Wildman–Crippen MR) is 127 cm³/mol. The molecule has 0 amide bonds. The summed E-state index contributed by atoms with van der Waals surface area (Å²) in [6, 6.07) is 19.0. The van der Waals surface area contributed by atoms with E-state index < -0.39 is 0 Å². The molecule has 0 radical (unpaired) electrons. The van der Waals surface area contributed by atoms with Crippen LogP contribution in [0.15, 0.2) is 65.6 Å². The highest BCUT2D eigenvalue weighted by molar-refractivity contribution is 5.76. The van der Waals surface area contributed by atoms with Gasteiger partial charge < -0.3 is 5.32 Å². The van der Waals surface area contributed by atoms with Gasteiger partial charge in [-0.3, -0.25) is 14.7 Å². The summed E-state index contributed by atoms with van der Waals surface area (Å²) in [6.45, 7) is 5.09. The maximum Gasteiger partial charge on any atom is 0.263 e. The molecule has 1 saturated heterocycles. The summed E-state index contributed by atoms with van der Waals surface area (Å²) in [6.07, 6.45) is 5.49. The molecule has 1 unspecified atom stereocenters. The van der Waals surface area contributed by atoms with Crippen molar-refractivity contribution in [2.75, 3.05) is 11.9 Å². The third kappa shape index (κ3) is 4.29. The number of nitrogens with one attached hydrogen (secondary N) is 2. The van der Waals surface area contributed by atoms with Gasteiger partial charge in [-0.2, -0.15) is 10.1 Å². The number of rotatable bonds is 6. The standard InChI is InChI=1S/C25H28N6O/c1-18-7-5-6-14-30(18)17-20-12-10-19(11-13-20)15-26-25-28-23-22(24(32)29-25)16-27-31(23)21-8-3-2-4-9-21/h2-4,8-13,16,18H,5-7,14-15,17H2,1H3,(H2,26,28,29,32). The van der Waals surface area contributed by atoms with Gasteiger partial charge in [0.15, 0.2) is 5.65 Å². The molecule has 32 heavy (non-hydrogen) atoms. The fraction of sp³-hybridized carbons (Fsp3) is 0.320. The van der Waals surface area contributed by atoms with Crippen LogP contribution >= 0.6 is 0 Å². The monoisotopic (exact) mass is 428 g/mol. The Morgan fingerprint density at radius 1 is 1.06 bits per heavy atom. The SMILES string of the molecule is CC1CCCCN1Cc1ccc(CNc2nc3c(cnn3-c3ccccc3)c(=O)[nH]2)cc1. The van der Waals surface area contributed by atoms with E-state index in [-0.39, 0.29) is 5.56 Å². The first-order valence-corrected chi connectivity index (χ1v) is 11.3. The molecule has 4 aromatic rings. The molecule has 164 valence electrons. The van der Waals surface area contributed by atoms with Gasteiger partial charge in [-0.25, -0.2) is 4.68 Å². The molecule has 0 aliphatic carbocycles. The summed E-state index contributed by atoms with van der Waals surface area (Å²) in [7, 11) is 0. The van der Waals surface area contributed by atoms with Crippen LogP contribution in [-0.4, -0.2) is 37.2 Å². The lowest BCUT2D eigenvalue weighted by Gasteiger charge is -2.33. The van der Waals surface area contributed by atoms with Gasteiger partial charge in [0.1, 0.15) is 5.39 Å². The predicted octanol–water partition coefficient (Wildman–Crippen LogP) is 4.10. The van der Waals surface area contributed by atoms with Gasteiger partial charge in [0.05, 0.1) is 11.9 Å². The Morgan fingerprint density at radius 2 is 1.84 bits per heavy atom. The lowest BCUT2D eigenvalue weighted by atomic mass is 10.0. The van der Waals surface area contributed by atoms with Crippen LogP contribution in [0.3, 0.4) is 0 Å². The second-order valence-electron chi connectivity index (χ2n) is 8.53. The number of para-hydroxylation sites is 1. The molecule has 0 spiro atoms. The van der Waals surface area contributed by atoms with E-state index in [0.29, 0.717) is 29.6 Å². The van der Waals surface area contributed by atoms with Gasteiger partial charge in [-0.05, 0) is 49.6 Å². The van der Waals surface area contributed by atoms with Crippen molar-refractivity contribution in [3.05, 3.63) is 82.3 Å². The Bertz CT molecular complexity index is 1250. The molecule has 1 aliphatic rings. The first-order chi connectivity index (χ1) is 15.7. The number of hydrogen-bond acceptors (Lipinski definition) is 5. The van der Waals surface area contributed by atoms with E-state index in [1.807, 2.05) is 30.3 Å². The van der Waals surface area contributed by atoms with Crippen LogP contribution in [0.5, 0.6) is 0 Å². The molecule has 0 bridgehead atoms. The van der Waals surface area contributed by atoms with E-state index in [1.165, 1.54) is 31.4 Å². The van der Waals surface area contributed by atoms with E-state index in [0.717, 1.165) is 17.8 Å². The Balaban J connectivity index is 1.29. The minimum Gasteiger partial charge on any atom is -0.352 e. The quantitative estimate of drug-likeness (QED) is 0.484. The third-order valence-corrected chi connectivity index (χ3v) is 6.25. The summed E-state index contributed by atoms with van der Waals surface area (Å²) in [5.41, 5.74) is 3.67. The third-order valence-electron chi connectivity index (χ3n) is 6.25. The van der Waals surface area contributed by atoms with Gasteiger partial charge in [0, 0.05) is 19.1 Å². The van der Waals surface area contributed by atoms with Crippen molar-refractivity contribution in [1.29, 1.82) is 0 Å². The van der Waals surface area contributed by atoms with Crippen molar-refractivity contribution < 1.29 is 0 Å². The van der Waals surface area contributed by atoms with Crippen LogP contribution in [0.2, 0.25) is 0 Å². The van der Waals surface area contributed by atoms with Crippen molar-refractivity contribution >= 4 is 17.0 Å². The van der Waals surface area contributed by atoms with Crippen LogP contribution < -0.4 is 10.9 Å². The van der Waals surface area contributed by atoms with E-state index in [4.69, 9.17) is 0 Å². The number of benzene rings is 2. The number of fused-ring (bicyclic) bond motifs is 1. The summed E-state index contributed by atoms with van der Waals surface area (Å²) in [5, 5.41) is 8.07. The minimum atomic E-state index is -0.203. The van der Waals surface area contributed by atoms with Gasteiger partial charge in [-0.15, -0.1) is 0 Å². The first kappa shape index (κ1) is 20.5. The van der Waals surface area contributed by atoms with Crippen LogP contribution in [0, 0.1) is 0 Å². The Morgan fingerprint density at radius 3 is 2.62 bits per heavy atom. The normalized spacial score (nSPS) is 17.0. The molecule has 1 fully saturated rings. The van der Waals surface area contributed by atoms with Gasteiger partial charge in [-0.1, -0.05) is 48.9 Å². The van der Waals surface area contributed by atoms with E-state index in [2.05, 4.69) is 56.5 Å². The average Bonchev–Trinajstić information content (AvgIpc) is 3.25. The number of aromatic nitrogens is 4. The molecule has 5 rings (SSSR count). The summed E-state index contributed by atoms with van der Waals surface area (Å²) >= 11 is 0. The van der Waals surface area contributed by atoms with Crippen molar-refractivity contribution in [2.24, 2.45) is 0 Å². The second kappa shape index (κ2) is 8.96. The number of hydrogen-bond donors (Lipinski definition) is 2. The Kier molecular flexibility index (Phi) is 5.73. The van der Waals surface area contributed by atoms with Crippen LogP contribution in [0.25, 0.3) is 16.7 Å². The fourth-order valence-corrected chi connectivity index (χ4v) is 4.34. The molecule has 2 aromatic carbocycles. The highest BCUT2D eigenvalue weighted by Crippen LogP contribution is 2.20. The zero-order valence-electron chi connectivity index (χ0n) is 18.3. The van der Waals surface area contributed by atoms with Gasteiger partial charge in [0.25, 0.3) is 5.56 Å². The van der Waals surface area contributed by atoms with Crippen LogP contribution in [0.1, 0.15) is 37.3 Å². The first-order valence-electron chi connectivity index (χ1n) is 11.3. The largest absolute Gasteiger partial charge is 0.352 e. The molecular formula is C25H28N6O. The molecule has 7 nitrogen and oxygen atoms in total. The minimum absolute atomic E-state index is 0.203. The number of anilines is 1. The number of aromatic amines is 1. The van der Waals surface area contributed by atoms with E-state index in [1.54, 1.807) is 10.9 Å². The van der Waals surface area contributed by atoms with E-state index >= 15 is 0 Å². The summed E-state index contributed by atoms with van der Waals surface area (Å²) in [4.78, 5) is 22.5. The summed E-state index contributed by atoms with van der Waals surface area (Å²) in [5.74, 6) is 0.436. The maximum absolute atomic E-state index is 12.5. The average molecular weight is 429 g/mol. The molecule has 1 atom stereocenters. The Labute approximate surface area is 187 Å². The van der Waals surface area contributed by atoms with Crippen molar-refractivity contribution in [1.82, 2.24) is 24.6 Å². The Hall–Kier alpha value is -3.45. The highest BCUT2D eigenvalue weighted by Gasteiger charge is 2.18. The lowest BCUT2D eigenvalue weighted by Crippen LogP contribution is -2.36. The summed E-state index contributed by atoms with van der Waals surface area (Å²) < 4.78 is 1.69. The molecule has 3 heterocycles. The van der Waals surface area contributed by atoms with Crippen molar-refractivity contribution in [3.63, 3.8) is 0 Å². The van der Waals surface area contributed by atoms with Crippen LogP contribution in [0.4, 0.5) is 5.95 Å². The smallest absolute Gasteiger partial charge is 0.263 e.